The van der Waals surface area contributed by atoms with Crippen molar-refractivity contribution in [2.24, 2.45) is 0 Å². The molecular formula is C23H22Cl2N4O2. The number of fused-ring (bicyclic) bond motifs is 1. The van der Waals surface area contributed by atoms with Crippen molar-refractivity contribution in [3.8, 4) is 11.1 Å². The van der Waals surface area contributed by atoms with E-state index in [1.54, 1.807) is 12.1 Å². The van der Waals surface area contributed by atoms with Gasteiger partial charge in [-0.25, -0.2) is 0 Å². The minimum Gasteiger partial charge on any atom is -0.362 e. The van der Waals surface area contributed by atoms with Crippen molar-refractivity contribution in [3.05, 3.63) is 57.9 Å². The summed E-state index contributed by atoms with van der Waals surface area (Å²) >= 11 is 12.3. The lowest BCUT2D eigenvalue weighted by atomic mass is 9.98. The van der Waals surface area contributed by atoms with Crippen LogP contribution in [-0.4, -0.2) is 23.3 Å². The van der Waals surface area contributed by atoms with Crippen LogP contribution in [0.2, 0.25) is 10.0 Å². The lowest BCUT2D eigenvalue weighted by molar-refractivity contribution is -0.120. The normalized spacial score (nSPS) is 20.4. The van der Waals surface area contributed by atoms with E-state index in [1.165, 1.54) is 0 Å². The molecule has 3 aromatic rings. The molecule has 31 heavy (non-hydrogen) atoms. The zero-order chi connectivity index (χ0) is 21.7. The number of nitrogens with one attached hydrogen (secondary N) is 2. The summed E-state index contributed by atoms with van der Waals surface area (Å²) in [6.07, 6.45) is 2.13. The molecule has 0 radical (unpaired) electrons. The number of aromatic nitrogens is 1. The second kappa shape index (κ2) is 7.77. The van der Waals surface area contributed by atoms with E-state index in [0.717, 1.165) is 52.5 Å². The predicted molar refractivity (Wildman–Crippen MR) is 124 cm³/mol. The molecule has 2 N–H and O–H groups in total. The van der Waals surface area contributed by atoms with Crippen molar-refractivity contribution in [3.63, 3.8) is 0 Å². The third-order valence-electron chi connectivity index (χ3n) is 6.02. The van der Waals surface area contributed by atoms with Crippen LogP contribution in [0.4, 0.5) is 17.1 Å². The molecule has 1 aromatic heterocycles. The van der Waals surface area contributed by atoms with Crippen molar-refractivity contribution in [2.45, 2.75) is 45.3 Å². The molecule has 3 heterocycles. The Bertz CT molecular complexity index is 1160. The van der Waals surface area contributed by atoms with Crippen LogP contribution < -0.4 is 15.5 Å². The van der Waals surface area contributed by atoms with Crippen molar-refractivity contribution in [1.82, 2.24) is 5.16 Å². The first-order valence-corrected chi connectivity index (χ1v) is 11.1. The van der Waals surface area contributed by atoms with Crippen molar-refractivity contribution in [1.29, 1.82) is 0 Å². The van der Waals surface area contributed by atoms with Crippen LogP contribution >= 0.6 is 23.2 Å². The number of hydrogen-bond acceptors (Lipinski definition) is 5. The van der Waals surface area contributed by atoms with Gasteiger partial charge in [-0.3, -0.25) is 4.79 Å². The number of benzene rings is 2. The van der Waals surface area contributed by atoms with Gasteiger partial charge in [0.15, 0.2) is 0 Å². The second-order valence-corrected chi connectivity index (χ2v) is 8.86. The van der Waals surface area contributed by atoms with E-state index in [2.05, 4.69) is 34.0 Å². The average Bonchev–Trinajstić information content (AvgIpc) is 3.32. The van der Waals surface area contributed by atoms with E-state index in [1.807, 2.05) is 24.8 Å². The molecule has 1 amide bonds. The Kier molecular flexibility index (Phi) is 5.07. The molecule has 2 aliphatic heterocycles. The first kappa shape index (κ1) is 20.2. The van der Waals surface area contributed by atoms with Crippen LogP contribution in [0.3, 0.4) is 0 Å². The maximum Gasteiger partial charge on any atom is 0.227 e. The van der Waals surface area contributed by atoms with Crippen molar-refractivity contribution < 1.29 is 9.32 Å². The number of rotatable bonds is 3. The standard InChI is InChI=1S/C23H22Cl2N4O2/c1-12-22(13(2)31-28-12)14-6-9-18-19(10-14)27-23(26-18)20-4-3-5-21(30)29(20)15-7-8-16(24)17(25)11-15/h6-11,20,23,26-27H,3-5H2,1-2H3/t20?,23-/m0/s1. The zero-order valence-electron chi connectivity index (χ0n) is 17.2. The minimum absolute atomic E-state index is 0.0617. The molecule has 0 spiro atoms. The second-order valence-electron chi connectivity index (χ2n) is 8.05. The third kappa shape index (κ3) is 3.54. The molecule has 1 saturated heterocycles. The number of aryl methyl sites for hydroxylation is 2. The van der Waals surface area contributed by atoms with Crippen LogP contribution in [0.5, 0.6) is 0 Å². The highest BCUT2D eigenvalue weighted by Gasteiger charge is 2.38. The Balaban J connectivity index is 1.45. The van der Waals surface area contributed by atoms with Gasteiger partial charge in [-0.05, 0) is 62.6 Å². The Labute approximate surface area is 190 Å². The van der Waals surface area contributed by atoms with Crippen LogP contribution in [-0.2, 0) is 4.79 Å². The molecule has 1 fully saturated rings. The summed E-state index contributed by atoms with van der Waals surface area (Å²) in [7, 11) is 0. The van der Waals surface area contributed by atoms with Crippen LogP contribution in [0.1, 0.15) is 30.7 Å². The molecule has 0 aliphatic carbocycles. The Morgan fingerprint density at radius 3 is 2.61 bits per heavy atom. The maximum absolute atomic E-state index is 12.9. The first-order valence-electron chi connectivity index (χ1n) is 10.3. The van der Waals surface area contributed by atoms with Gasteiger partial charge in [0.1, 0.15) is 11.9 Å². The molecular weight excluding hydrogens is 435 g/mol. The number of halogens is 2. The molecule has 6 nitrogen and oxygen atoms in total. The molecule has 1 unspecified atom stereocenters. The molecule has 8 heteroatoms. The lowest BCUT2D eigenvalue weighted by Gasteiger charge is -2.39. The number of hydrogen-bond donors (Lipinski definition) is 2. The predicted octanol–water partition coefficient (Wildman–Crippen LogP) is 6.01. The van der Waals surface area contributed by atoms with Gasteiger partial charge in [-0.1, -0.05) is 34.4 Å². The minimum atomic E-state index is -0.117. The molecule has 2 aliphatic rings. The number of carbonyl (C=O) groups excluding carboxylic acids is 1. The van der Waals surface area contributed by atoms with Gasteiger partial charge >= 0.3 is 0 Å². The Morgan fingerprint density at radius 2 is 1.87 bits per heavy atom. The number of carbonyl (C=O) groups is 1. The van der Waals surface area contributed by atoms with Gasteiger partial charge in [0.2, 0.25) is 5.91 Å². The van der Waals surface area contributed by atoms with E-state index in [9.17, 15) is 4.79 Å². The van der Waals surface area contributed by atoms with Gasteiger partial charge in [0.25, 0.3) is 0 Å². The molecule has 0 saturated carbocycles. The SMILES string of the molecule is Cc1noc(C)c1-c1ccc2c(c1)N[C@@H](C1CCCC(=O)N1c1ccc(Cl)c(Cl)c1)N2. The summed E-state index contributed by atoms with van der Waals surface area (Å²) in [6.45, 7) is 3.86. The van der Waals surface area contributed by atoms with Gasteiger partial charge < -0.3 is 20.1 Å². The fraction of sp³-hybridized carbons (Fsp3) is 0.304. The van der Waals surface area contributed by atoms with E-state index in [4.69, 9.17) is 27.7 Å². The third-order valence-corrected chi connectivity index (χ3v) is 6.76. The van der Waals surface area contributed by atoms with Gasteiger partial charge in [0, 0.05) is 17.7 Å². The summed E-state index contributed by atoms with van der Waals surface area (Å²) in [5.74, 6) is 0.884. The van der Waals surface area contributed by atoms with E-state index in [0.29, 0.717) is 16.5 Å². The van der Waals surface area contributed by atoms with E-state index < -0.39 is 0 Å². The molecule has 5 rings (SSSR count). The molecule has 2 aromatic carbocycles. The topological polar surface area (TPSA) is 70.4 Å². The van der Waals surface area contributed by atoms with Crippen molar-refractivity contribution in [2.75, 3.05) is 15.5 Å². The van der Waals surface area contributed by atoms with Crippen LogP contribution in [0.25, 0.3) is 11.1 Å². The molecule has 2 atom stereocenters. The summed E-state index contributed by atoms with van der Waals surface area (Å²) in [5, 5.41) is 12.1. The highest BCUT2D eigenvalue weighted by molar-refractivity contribution is 6.42. The lowest BCUT2D eigenvalue weighted by Crippen LogP contribution is -2.53. The monoisotopic (exact) mass is 456 g/mol. The average molecular weight is 457 g/mol. The largest absolute Gasteiger partial charge is 0.362 e. The number of amides is 1. The highest BCUT2D eigenvalue weighted by atomic mass is 35.5. The number of nitrogens with zero attached hydrogens (tertiary/aromatic N) is 2. The zero-order valence-corrected chi connectivity index (χ0v) is 18.7. The smallest absolute Gasteiger partial charge is 0.227 e. The van der Waals surface area contributed by atoms with Crippen LogP contribution in [0.15, 0.2) is 40.9 Å². The Morgan fingerprint density at radius 1 is 1.06 bits per heavy atom. The summed E-state index contributed by atoms with van der Waals surface area (Å²) in [6, 6.07) is 11.5. The highest BCUT2D eigenvalue weighted by Crippen LogP contribution is 2.39. The fourth-order valence-electron chi connectivity index (χ4n) is 4.59. The first-order chi connectivity index (χ1) is 14.9. The van der Waals surface area contributed by atoms with Crippen molar-refractivity contribution >= 4 is 46.2 Å². The van der Waals surface area contributed by atoms with Gasteiger partial charge in [0.05, 0.1) is 33.2 Å². The number of anilines is 3. The Hall–Kier alpha value is -2.70. The number of piperidine rings is 1. The quantitative estimate of drug-likeness (QED) is 0.504. The molecule has 160 valence electrons. The van der Waals surface area contributed by atoms with E-state index >= 15 is 0 Å². The fourth-order valence-corrected chi connectivity index (χ4v) is 4.88. The summed E-state index contributed by atoms with van der Waals surface area (Å²) in [4.78, 5) is 14.7. The summed E-state index contributed by atoms with van der Waals surface area (Å²) < 4.78 is 5.33. The van der Waals surface area contributed by atoms with Gasteiger partial charge in [-0.15, -0.1) is 0 Å². The molecule has 0 bridgehead atoms. The van der Waals surface area contributed by atoms with E-state index in [-0.39, 0.29) is 18.1 Å². The maximum atomic E-state index is 12.9. The van der Waals surface area contributed by atoms with Crippen LogP contribution in [0, 0.1) is 13.8 Å². The van der Waals surface area contributed by atoms with Gasteiger partial charge in [-0.2, -0.15) is 0 Å². The summed E-state index contributed by atoms with van der Waals surface area (Å²) in [5.41, 5.74) is 5.69.